The van der Waals surface area contributed by atoms with Gasteiger partial charge in [0.2, 0.25) is 0 Å². The number of pyridine rings is 1. The predicted molar refractivity (Wildman–Crippen MR) is 100 cm³/mol. The van der Waals surface area contributed by atoms with Gasteiger partial charge in [-0.1, -0.05) is 18.2 Å². The first kappa shape index (κ1) is 17.4. The number of thiophene rings is 1. The van der Waals surface area contributed by atoms with Crippen molar-refractivity contribution in [2.75, 3.05) is 20.3 Å². The summed E-state index contributed by atoms with van der Waals surface area (Å²) in [5, 5.41) is 4.85. The van der Waals surface area contributed by atoms with Gasteiger partial charge in [0.25, 0.3) is 11.5 Å². The van der Waals surface area contributed by atoms with E-state index in [4.69, 9.17) is 4.74 Å². The SMILES string of the molecule is COCCN(Cc1ccsc1)C(=O)c1cc2ccccc2n(C)c1=O. The zero-order valence-electron chi connectivity index (χ0n) is 14.3. The Labute approximate surface area is 150 Å². The molecule has 0 aliphatic rings. The number of amides is 1. The average Bonchev–Trinajstić information content (AvgIpc) is 3.14. The zero-order valence-corrected chi connectivity index (χ0v) is 15.1. The summed E-state index contributed by atoms with van der Waals surface area (Å²) < 4.78 is 6.66. The molecular weight excluding hydrogens is 336 g/mol. The molecule has 5 nitrogen and oxygen atoms in total. The molecule has 0 aliphatic carbocycles. The second kappa shape index (κ2) is 7.63. The topological polar surface area (TPSA) is 51.5 Å². The molecule has 25 heavy (non-hydrogen) atoms. The normalized spacial score (nSPS) is 11.0. The molecule has 130 valence electrons. The molecule has 2 aromatic heterocycles. The fourth-order valence-electron chi connectivity index (χ4n) is 2.80. The maximum atomic E-state index is 13.1. The van der Waals surface area contributed by atoms with Crippen LogP contribution < -0.4 is 5.56 Å². The highest BCUT2D eigenvalue weighted by molar-refractivity contribution is 7.07. The Hall–Kier alpha value is -2.44. The van der Waals surface area contributed by atoms with Crippen LogP contribution in [0, 0.1) is 0 Å². The summed E-state index contributed by atoms with van der Waals surface area (Å²) in [4.78, 5) is 27.4. The Morgan fingerprint density at radius 1 is 1.28 bits per heavy atom. The van der Waals surface area contributed by atoms with E-state index in [-0.39, 0.29) is 17.0 Å². The van der Waals surface area contributed by atoms with Gasteiger partial charge >= 0.3 is 0 Å². The molecule has 0 bridgehead atoms. The van der Waals surface area contributed by atoms with Crippen molar-refractivity contribution >= 4 is 28.1 Å². The molecule has 0 atom stereocenters. The standard InChI is InChI=1S/C19H20N2O3S/c1-20-17-6-4-3-5-15(17)11-16(18(20)22)19(23)21(8-9-24-2)12-14-7-10-25-13-14/h3-7,10-11,13H,8-9,12H2,1-2H3. The molecular formula is C19H20N2O3S. The lowest BCUT2D eigenvalue weighted by Gasteiger charge is -2.22. The first-order valence-corrected chi connectivity index (χ1v) is 8.94. The summed E-state index contributed by atoms with van der Waals surface area (Å²) in [6.07, 6.45) is 0. The Morgan fingerprint density at radius 3 is 2.80 bits per heavy atom. The quantitative estimate of drug-likeness (QED) is 0.682. The van der Waals surface area contributed by atoms with Crippen LogP contribution in [0.5, 0.6) is 0 Å². The van der Waals surface area contributed by atoms with E-state index in [9.17, 15) is 9.59 Å². The number of hydrogen-bond donors (Lipinski definition) is 0. The number of nitrogens with zero attached hydrogens (tertiary/aromatic N) is 2. The molecule has 0 fully saturated rings. The summed E-state index contributed by atoms with van der Waals surface area (Å²) in [7, 11) is 3.29. The second-order valence-corrected chi connectivity index (χ2v) is 6.61. The molecule has 2 heterocycles. The van der Waals surface area contributed by atoms with Crippen molar-refractivity contribution in [3.63, 3.8) is 0 Å². The number of ether oxygens (including phenoxy) is 1. The molecule has 6 heteroatoms. The molecule has 0 unspecified atom stereocenters. The summed E-state index contributed by atoms with van der Waals surface area (Å²) in [6, 6.07) is 11.2. The third-order valence-corrected chi connectivity index (χ3v) is 4.90. The molecule has 0 N–H and O–H groups in total. The summed E-state index contributed by atoms with van der Waals surface area (Å²) >= 11 is 1.59. The number of benzene rings is 1. The van der Waals surface area contributed by atoms with Gasteiger partial charge in [0.15, 0.2) is 0 Å². The Balaban J connectivity index is 1.99. The third kappa shape index (κ3) is 3.65. The number of fused-ring (bicyclic) bond motifs is 1. The van der Waals surface area contributed by atoms with Crippen LogP contribution >= 0.6 is 11.3 Å². The fraction of sp³-hybridized carbons (Fsp3) is 0.263. The van der Waals surface area contributed by atoms with E-state index in [0.29, 0.717) is 19.7 Å². The minimum Gasteiger partial charge on any atom is -0.383 e. The highest BCUT2D eigenvalue weighted by atomic mass is 32.1. The number of aryl methyl sites for hydroxylation is 1. The van der Waals surface area contributed by atoms with E-state index in [2.05, 4.69) is 0 Å². The molecule has 3 aromatic rings. The van der Waals surface area contributed by atoms with Crippen molar-refractivity contribution in [1.29, 1.82) is 0 Å². The highest BCUT2D eigenvalue weighted by Crippen LogP contribution is 2.15. The van der Waals surface area contributed by atoms with Crippen molar-refractivity contribution in [3.05, 3.63) is 68.6 Å². The zero-order chi connectivity index (χ0) is 17.8. The largest absolute Gasteiger partial charge is 0.383 e. The van der Waals surface area contributed by atoms with Crippen LogP contribution in [0.2, 0.25) is 0 Å². The first-order chi connectivity index (χ1) is 12.1. The molecule has 0 saturated heterocycles. The lowest BCUT2D eigenvalue weighted by molar-refractivity contribution is 0.0678. The van der Waals surface area contributed by atoms with Crippen molar-refractivity contribution < 1.29 is 9.53 Å². The predicted octanol–water partition coefficient (Wildman–Crippen LogP) is 2.89. The van der Waals surface area contributed by atoms with E-state index in [0.717, 1.165) is 16.5 Å². The number of carbonyl (C=O) groups excluding carboxylic acids is 1. The molecule has 3 rings (SSSR count). The van der Waals surface area contributed by atoms with Crippen LogP contribution in [0.1, 0.15) is 15.9 Å². The molecule has 0 radical (unpaired) electrons. The van der Waals surface area contributed by atoms with Crippen LogP contribution in [-0.2, 0) is 18.3 Å². The van der Waals surface area contributed by atoms with Crippen LogP contribution in [0.15, 0.2) is 52.0 Å². The van der Waals surface area contributed by atoms with E-state index in [1.54, 1.807) is 36.5 Å². The fourth-order valence-corrected chi connectivity index (χ4v) is 3.46. The maximum absolute atomic E-state index is 13.1. The van der Waals surface area contributed by atoms with Gasteiger partial charge in [-0.15, -0.1) is 0 Å². The van der Waals surface area contributed by atoms with Gasteiger partial charge in [-0.2, -0.15) is 11.3 Å². The van der Waals surface area contributed by atoms with E-state index in [1.807, 2.05) is 41.1 Å². The Kier molecular flexibility index (Phi) is 5.31. The van der Waals surface area contributed by atoms with Gasteiger partial charge in [0, 0.05) is 27.2 Å². The lowest BCUT2D eigenvalue weighted by Crippen LogP contribution is -2.37. The lowest BCUT2D eigenvalue weighted by atomic mass is 10.1. The number of hydrogen-bond acceptors (Lipinski definition) is 4. The van der Waals surface area contributed by atoms with E-state index < -0.39 is 0 Å². The maximum Gasteiger partial charge on any atom is 0.263 e. The van der Waals surface area contributed by atoms with Crippen molar-refractivity contribution in [1.82, 2.24) is 9.47 Å². The van der Waals surface area contributed by atoms with Crippen LogP contribution in [0.25, 0.3) is 10.9 Å². The minimum atomic E-state index is -0.281. The van der Waals surface area contributed by atoms with Gasteiger partial charge in [0.1, 0.15) is 5.56 Å². The number of methoxy groups -OCH3 is 1. The van der Waals surface area contributed by atoms with Gasteiger partial charge in [-0.3, -0.25) is 9.59 Å². The first-order valence-electron chi connectivity index (χ1n) is 8.00. The minimum absolute atomic E-state index is 0.188. The number of rotatable bonds is 6. The third-order valence-electron chi connectivity index (χ3n) is 4.17. The van der Waals surface area contributed by atoms with Gasteiger partial charge in [-0.05, 0) is 39.9 Å². The van der Waals surface area contributed by atoms with Crippen LogP contribution in [0.4, 0.5) is 0 Å². The second-order valence-electron chi connectivity index (χ2n) is 5.83. The number of carbonyl (C=O) groups is 1. The van der Waals surface area contributed by atoms with Gasteiger partial charge < -0.3 is 14.2 Å². The molecule has 1 amide bonds. The van der Waals surface area contributed by atoms with Gasteiger partial charge in [0.05, 0.1) is 12.1 Å². The highest BCUT2D eigenvalue weighted by Gasteiger charge is 2.21. The van der Waals surface area contributed by atoms with Crippen molar-refractivity contribution in [2.45, 2.75) is 6.54 Å². The summed E-state index contributed by atoms with van der Waals surface area (Å²) in [5.41, 5.74) is 1.77. The van der Waals surface area contributed by atoms with Crippen molar-refractivity contribution in [3.8, 4) is 0 Å². The number of aromatic nitrogens is 1. The average molecular weight is 356 g/mol. The smallest absolute Gasteiger partial charge is 0.263 e. The summed E-state index contributed by atoms with van der Waals surface area (Å²) in [5.74, 6) is -0.269. The van der Waals surface area contributed by atoms with E-state index in [1.165, 1.54) is 4.57 Å². The van der Waals surface area contributed by atoms with Gasteiger partial charge in [-0.25, -0.2) is 0 Å². The van der Waals surface area contributed by atoms with Crippen LogP contribution in [0.3, 0.4) is 0 Å². The van der Waals surface area contributed by atoms with Crippen molar-refractivity contribution in [2.24, 2.45) is 7.05 Å². The number of para-hydroxylation sites is 1. The molecule has 0 spiro atoms. The monoisotopic (exact) mass is 356 g/mol. The Bertz CT molecular complexity index is 931. The Morgan fingerprint density at radius 2 is 2.08 bits per heavy atom. The summed E-state index contributed by atoms with van der Waals surface area (Å²) in [6.45, 7) is 1.31. The van der Waals surface area contributed by atoms with E-state index >= 15 is 0 Å². The molecule has 1 aromatic carbocycles. The molecule has 0 saturated carbocycles. The molecule has 0 aliphatic heterocycles. The van der Waals surface area contributed by atoms with Crippen LogP contribution in [-0.4, -0.2) is 35.6 Å².